The molecule has 3 aromatic rings. The first-order valence-electron chi connectivity index (χ1n) is 7.10. The monoisotopic (exact) mass is 307 g/mol. The van der Waals surface area contributed by atoms with E-state index >= 15 is 0 Å². The van der Waals surface area contributed by atoms with Crippen LogP contribution < -0.4 is 10.5 Å². The highest BCUT2D eigenvalue weighted by Gasteiger charge is 2.09. The lowest BCUT2D eigenvalue weighted by molar-refractivity contribution is -0.255. The van der Waals surface area contributed by atoms with Crippen molar-refractivity contribution in [3.8, 4) is 0 Å². The zero-order valence-electron chi connectivity index (χ0n) is 12.8. The summed E-state index contributed by atoms with van der Waals surface area (Å²) in [6, 6.07) is 14.1. The van der Waals surface area contributed by atoms with E-state index in [9.17, 15) is 9.90 Å². The predicted octanol–water partition coefficient (Wildman–Crippen LogP) is 1.77. The number of hydrazone groups is 1. The van der Waals surface area contributed by atoms with Gasteiger partial charge in [-0.1, -0.05) is 24.3 Å². The van der Waals surface area contributed by atoms with Gasteiger partial charge in [-0.05, 0) is 36.8 Å². The number of anilines is 1. The van der Waals surface area contributed by atoms with Gasteiger partial charge < -0.3 is 14.5 Å². The van der Waals surface area contributed by atoms with E-state index in [0.29, 0.717) is 5.69 Å². The molecular weight excluding hydrogens is 292 g/mol. The minimum atomic E-state index is -1.20. The molecule has 116 valence electrons. The van der Waals surface area contributed by atoms with E-state index in [1.165, 1.54) is 12.1 Å². The number of para-hydroxylation sites is 2. The summed E-state index contributed by atoms with van der Waals surface area (Å²) in [4.78, 5) is 15.3. The Labute approximate surface area is 133 Å². The van der Waals surface area contributed by atoms with Gasteiger partial charge in [0, 0.05) is 7.05 Å². The summed E-state index contributed by atoms with van der Waals surface area (Å²) in [7, 11) is 1.94. The maximum atomic E-state index is 10.7. The summed E-state index contributed by atoms with van der Waals surface area (Å²) < 4.78 is 1.98. The molecule has 0 atom stereocenters. The third-order valence-corrected chi connectivity index (χ3v) is 3.58. The molecule has 0 spiro atoms. The van der Waals surface area contributed by atoms with Crippen molar-refractivity contribution in [2.75, 3.05) is 5.43 Å². The summed E-state index contributed by atoms with van der Waals surface area (Å²) in [6.45, 7) is 1.86. The molecule has 0 bridgehead atoms. The average molecular weight is 307 g/mol. The van der Waals surface area contributed by atoms with Gasteiger partial charge in [0.15, 0.2) is 5.82 Å². The van der Waals surface area contributed by atoms with Gasteiger partial charge in [-0.15, -0.1) is 0 Å². The molecule has 0 fully saturated rings. The van der Waals surface area contributed by atoms with Crippen molar-refractivity contribution in [1.82, 2.24) is 9.55 Å². The van der Waals surface area contributed by atoms with Crippen molar-refractivity contribution >= 4 is 28.4 Å². The van der Waals surface area contributed by atoms with Gasteiger partial charge in [-0.25, -0.2) is 4.98 Å². The zero-order valence-corrected chi connectivity index (χ0v) is 12.8. The topological polar surface area (TPSA) is 82.3 Å². The lowest BCUT2D eigenvalue weighted by atomic mass is 10.2. The molecule has 0 saturated carbocycles. The van der Waals surface area contributed by atoms with Crippen LogP contribution in [-0.2, 0) is 7.05 Å². The van der Waals surface area contributed by atoms with E-state index in [0.717, 1.165) is 22.6 Å². The number of nitrogens with zero attached hydrogens (tertiary/aromatic N) is 3. The third kappa shape index (κ3) is 2.91. The maximum Gasteiger partial charge on any atom is 0.156 e. The summed E-state index contributed by atoms with van der Waals surface area (Å²) in [5.41, 5.74) is 6.40. The van der Waals surface area contributed by atoms with Crippen LogP contribution in [-0.4, -0.2) is 21.2 Å². The number of imidazole rings is 1. The number of carbonyl (C=O) groups is 1. The Morgan fingerprint density at radius 1 is 1.17 bits per heavy atom. The average Bonchev–Trinajstić information content (AvgIpc) is 2.90. The number of aromatic nitrogens is 2. The minimum absolute atomic E-state index is 0.131. The van der Waals surface area contributed by atoms with E-state index < -0.39 is 5.97 Å². The van der Waals surface area contributed by atoms with E-state index in [-0.39, 0.29) is 5.56 Å². The largest absolute Gasteiger partial charge is 0.545 e. The molecule has 0 radical (unpaired) electrons. The van der Waals surface area contributed by atoms with Gasteiger partial charge in [0.2, 0.25) is 0 Å². The first-order chi connectivity index (χ1) is 11.1. The van der Waals surface area contributed by atoms with Crippen LogP contribution in [0.25, 0.3) is 11.0 Å². The normalized spacial score (nSPS) is 11.7. The van der Waals surface area contributed by atoms with Crippen LogP contribution >= 0.6 is 0 Å². The quantitative estimate of drug-likeness (QED) is 0.588. The third-order valence-electron chi connectivity index (χ3n) is 3.58. The number of carboxylic acids is 1. The Balaban J connectivity index is 1.84. The molecule has 6 nitrogen and oxygen atoms in total. The van der Waals surface area contributed by atoms with Gasteiger partial charge >= 0.3 is 0 Å². The van der Waals surface area contributed by atoms with Crippen molar-refractivity contribution < 1.29 is 9.90 Å². The van der Waals surface area contributed by atoms with Crippen molar-refractivity contribution in [2.24, 2.45) is 12.1 Å². The number of carboxylic acid groups (broad SMARTS) is 1. The van der Waals surface area contributed by atoms with Crippen molar-refractivity contribution in [2.45, 2.75) is 6.92 Å². The highest BCUT2D eigenvalue weighted by atomic mass is 16.4. The molecule has 1 heterocycles. The predicted molar refractivity (Wildman–Crippen MR) is 87.3 cm³/mol. The van der Waals surface area contributed by atoms with Crippen LogP contribution in [0.2, 0.25) is 0 Å². The summed E-state index contributed by atoms with van der Waals surface area (Å²) in [6.07, 6.45) is 0. The van der Waals surface area contributed by atoms with Gasteiger partial charge in [-0.3, -0.25) is 5.43 Å². The van der Waals surface area contributed by atoms with Gasteiger partial charge in [0.05, 0.1) is 22.7 Å². The molecule has 1 aromatic heterocycles. The Morgan fingerprint density at radius 2 is 1.87 bits per heavy atom. The van der Waals surface area contributed by atoms with Gasteiger partial charge in [0.1, 0.15) is 5.71 Å². The van der Waals surface area contributed by atoms with Crippen LogP contribution in [0.3, 0.4) is 0 Å². The van der Waals surface area contributed by atoms with E-state index in [1.807, 2.05) is 42.8 Å². The molecule has 0 aliphatic carbocycles. The van der Waals surface area contributed by atoms with Crippen molar-refractivity contribution in [1.29, 1.82) is 0 Å². The van der Waals surface area contributed by atoms with Crippen LogP contribution in [0.15, 0.2) is 53.6 Å². The lowest BCUT2D eigenvalue weighted by Crippen LogP contribution is -2.21. The fraction of sp³-hybridized carbons (Fsp3) is 0.118. The summed E-state index contributed by atoms with van der Waals surface area (Å²) >= 11 is 0. The molecule has 1 N–H and O–H groups in total. The highest BCUT2D eigenvalue weighted by molar-refractivity contribution is 5.99. The maximum absolute atomic E-state index is 10.7. The molecule has 0 unspecified atom stereocenters. The molecule has 0 aliphatic heterocycles. The van der Waals surface area contributed by atoms with Crippen LogP contribution in [0, 0.1) is 0 Å². The number of hydrogen-bond donors (Lipinski definition) is 1. The lowest BCUT2D eigenvalue weighted by Gasteiger charge is -2.06. The van der Waals surface area contributed by atoms with Crippen molar-refractivity contribution in [3.63, 3.8) is 0 Å². The molecule has 23 heavy (non-hydrogen) atoms. The highest BCUT2D eigenvalue weighted by Crippen LogP contribution is 2.15. The Morgan fingerprint density at radius 3 is 2.52 bits per heavy atom. The number of aromatic carboxylic acids is 1. The molecule has 0 aliphatic rings. The van der Waals surface area contributed by atoms with Gasteiger partial charge in [0.25, 0.3) is 0 Å². The first-order valence-corrected chi connectivity index (χ1v) is 7.10. The summed E-state index contributed by atoms with van der Waals surface area (Å²) in [5, 5.41) is 15.0. The van der Waals surface area contributed by atoms with Crippen LogP contribution in [0.1, 0.15) is 23.1 Å². The molecule has 3 rings (SSSR count). The fourth-order valence-electron chi connectivity index (χ4n) is 2.35. The van der Waals surface area contributed by atoms with Crippen LogP contribution in [0.4, 0.5) is 5.69 Å². The van der Waals surface area contributed by atoms with E-state index in [2.05, 4.69) is 15.5 Å². The van der Waals surface area contributed by atoms with E-state index in [1.54, 1.807) is 12.1 Å². The molecule has 6 heteroatoms. The second-order valence-corrected chi connectivity index (χ2v) is 5.16. The standard InChI is InChI=1S/C17H16N4O2/c1-11(16-18-14-5-3-4-6-15(14)21(16)2)19-20-13-9-7-12(8-10-13)17(22)23/h3-10,20H,1-2H3,(H,22,23)/p-1/b19-11-. The fourth-order valence-corrected chi connectivity index (χ4v) is 2.35. The summed E-state index contributed by atoms with van der Waals surface area (Å²) in [5.74, 6) is -0.430. The number of hydrogen-bond acceptors (Lipinski definition) is 5. The van der Waals surface area contributed by atoms with E-state index in [4.69, 9.17) is 0 Å². The van der Waals surface area contributed by atoms with Gasteiger partial charge in [-0.2, -0.15) is 5.10 Å². The minimum Gasteiger partial charge on any atom is -0.545 e. The number of rotatable bonds is 4. The van der Waals surface area contributed by atoms with Crippen molar-refractivity contribution in [3.05, 3.63) is 59.9 Å². The number of nitrogens with one attached hydrogen (secondary N) is 1. The molecular formula is C17H15N4O2-. The number of aryl methyl sites for hydroxylation is 1. The molecule has 0 saturated heterocycles. The molecule has 0 amide bonds. The Hall–Kier alpha value is -3.15. The number of carbonyl (C=O) groups excluding carboxylic acids is 1. The molecule has 2 aromatic carbocycles. The second kappa shape index (κ2) is 5.92. The second-order valence-electron chi connectivity index (χ2n) is 5.16. The zero-order chi connectivity index (χ0) is 16.4. The number of fused-ring (bicyclic) bond motifs is 1. The van der Waals surface area contributed by atoms with Crippen LogP contribution in [0.5, 0.6) is 0 Å². The number of benzene rings is 2. The Kier molecular flexibility index (Phi) is 3.80. The Bertz CT molecular complexity index is 895. The smallest absolute Gasteiger partial charge is 0.156 e. The SMILES string of the molecule is C/C(=N/Nc1ccc(C(=O)[O-])cc1)c1nc2ccccc2n1C. The first kappa shape index (κ1) is 14.8.